The maximum absolute atomic E-state index is 11.5. The lowest BCUT2D eigenvalue weighted by Crippen LogP contribution is -2.28. The lowest BCUT2D eigenvalue weighted by Gasteiger charge is -2.11. The van der Waals surface area contributed by atoms with Crippen molar-refractivity contribution >= 4 is 11.8 Å². The topological polar surface area (TPSA) is 62.7 Å². The molecular weight excluding hydrogens is 224 g/mol. The van der Waals surface area contributed by atoms with Crippen LogP contribution in [0.2, 0.25) is 0 Å². The lowest BCUT2D eigenvalue weighted by atomic mass is 10.4. The fraction of sp³-hybridized carbons (Fsp3) is 0.800. The lowest BCUT2D eigenvalue weighted by molar-refractivity contribution is 0.613. The van der Waals surface area contributed by atoms with E-state index in [0.717, 1.165) is 30.3 Å². The van der Waals surface area contributed by atoms with Crippen LogP contribution in [0.1, 0.15) is 32.7 Å². The summed E-state index contributed by atoms with van der Waals surface area (Å²) in [6.07, 6.45) is 2.21. The summed E-state index contributed by atoms with van der Waals surface area (Å²) in [5.41, 5.74) is -0.0684. The van der Waals surface area contributed by atoms with Crippen LogP contribution in [0.4, 0.5) is 0 Å². The van der Waals surface area contributed by atoms with Gasteiger partial charge in [-0.1, -0.05) is 18.7 Å². The molecule has 0 bridgehead atoms. The molecule has 1 aromatic rings. The van der Waals surface area contributed by atoms with Crippen molar-refractivity contribution in [2.45, 2.75) is 43.9 Å². The molecule has 0 spiro atoms. The first-order valence-corrected chi connectivity index (χ1v) is 6.74. The van der Waals surface area contributed by atoms with Gasteiger partial charge in [0.15, 0.2) is 5.16 Å². The first-order chi connectivity index (χ1) is 7.72. The molecule has 0 radical (unpaired) electrons. The van der Waals surface area contributed by atoms with Gasteiger partial charge in [0.25, 0.3) is 0 Å². The number of nitrogens with zero attached hydrogens (tertiary/aromatic N) is 2. The van der Waals surface area contributed by atoms with Gasteiger partial charge in [-0.3, -0.25) is 4.57 Å². The van der Waals surface area contributed by atoms with Gasteiger partial charge in [0.05, 0.1) is 0 Å². The van der Waals surface area contributed by atoms with Crippen LogP contribution in [0.3, 0.4) is 0 Å². The molecule has 0 amide bonds. The Balaban J connectivity index is 1.96. The van der Waals surface area contributed by atoms with E-state index in [-0.39, 0.29) is 5.69 Å². The number of hydrogen-bond acceptors (Lipinski definition) is 4. The normalized spacial score (nSPS) is 17.6. The Labute approximate surface area is 99.0 Å². The first kappa shape index (κ1) is 11.7. The summed E-state index contributed by atoms with van der Waals surface area (Å²) in [6.45, 7) is 5.20. The predicted octanol–water partition coefficient (Wildman–Crippen LogP) is 0.996. The summed E-state index contributed by atoms with van der Waals surface area (Å²) >= 11 is 1.64. The van der Waals surface area contributed by atoms with Crippen LogP contribution in [0.25, 0.3) is 0 Å². The number of aromatic nitrogens is 3. The van der Waals surface area contributed by atoms with Gasteiger partial charge in [-0.05, 0) is 26.3 Å². The largest absolute Gasteiger partial charge is 0.344 e. The standard InChI is InChI=1S/C10H18N4OS/c1-3-11-7(2)6-16-10-13-12-9(15)14(10)8-4-5-8/h7-8,11H,3-6H2,1-2H3,(H,12,15). The number of thioether (sulfide) groups is 1. The smallest absolute Gasteiger partial charge is 0.314 e. The Morgan fingerprint density at radius 2 is 2.44 bits per heavy atom. The number of nitrogens with one attached hydrogen (secondary N) is 2. The average molecular weight is 242 g/mol. The van der Waals surface area contributed by atoms with Crippen molar-refractivity contribution in [1.82, 2.24) is 20.1 Å². The minimum absolute atomic E-state index is 0.0684. The van der Waals surface area contributed by atoms with Crippen molar-refractivity contribution in [3.63, 3.8) is 0 Å². The Hall–Kier alpha value is -0.750. The third kappa shape index (κ3) is 2.68. The van der Waals surface area contributed by atoms with Gasteiger partial charge in [0.1, 0.15) is 0 Å². The summed E-state index contributed by atoms with van der Waals surface area (Å²) < 4.78 is 1.79. The zero-order valence-corrected chi connectivity index (χ0v) is 10.5. The highest BCUT2D eigenvalue weighted by Crippen LogP contribution is 2.36. The molecule has 0 aliphatic heterocycles. The predicted molar refractivity (Wildman–Crippen MR) is 65.0 cm³/mol. The summed E-state index contributed by atoms with van der Waals surface area (Å²) in [4.78, 5) is 11.5. The molecule has 1 aliphatic rings. The Morgan fingerprint density at radius 1 is 1.69 bits per heavy atom. The van der Waals surface area contributed by atoms with Crippen molar-refractivity contribution in [2.75, 3.05) is 12.3 Å². The van der Waals surface area contributed by atoms with Gasteiger partial charge in [0, 0.05) is 17.8 Å². The molecule has 0 aromatic carbocycles. The summed E-state index contributed by atoms with van der Waals surface area (Å²) in [5, 5.41) is 10.8. The third-order valence-corrected chi connectivity index (χ3v) is 3.81. The van der Waals surface area contributed by atoms with Crippen molar-refractivity contribution in [3.8, 4) is 0 Å². The second-order valence-corrected chi connectivity index (χ2v) is 5.17. The van der Waals surface area contributed by atoms with Crippen molar-refractivity contribution in [1.29, 1.82) is 0 Å². The quantitative estimate of drug-likeness (QED) is 0.730. The van der Waals surface area contributed by atoms with Gasteiger partial charge in [-0.2, -0.15) is 0 Å². The molecule has 1 aromatic heterocycles. The molecule has 90 valence electrons. The molecule has 2 rings (SSSR count). The van der Waals surface area contributed by atoms with Crippen LogP contribution >= 0.6 is 11.8 Å². The fourth-order valence-electron chi connectivity index (χ4n) is 1.65. The maximum Gasteiger partial charge on any atom is 0.344 e. The van der Waals surface area contributed by atoms with E-state index in [0.29, 0.717) is 12.1 Å². The average Bonchev–Trinajstić information content (AvgIpc) is 3.01. The molecule has 1 fully saturated rings. The van der Waals surface area contributed by atoms with Crippen LogP contribution in [-0.4, -0.2) is 33.1 Å². The van der Waals surface area contributed by atoms with Crippen molar-refractivity contribution in [2.24, 2.45) is 0 Å². The molecule has 1 atom stereocenters. The van der Waals surface area contributed by atoms with E-state index in [1.807, 2.05) is 0 Å². The van der Waals surface area contributed by atoms with Crippen LogP contribution in [0, 0.1) is 0 Å². The van der Waals surface area contributed by atoms with Gasteiger partial charge < -0.3 is 5.32 Å². The SMILES string of the molecule is CCNC(C)CSc1n[nH]c(=O)n1C1CC1. The summed E-state index contributed by atoms with van der Waals surface area (Å²) in [5.74, 6) is 0.935. The molecule has 1 saturated carbocycles. The van der Waals surface area contributed by atoms with E-state index in [1.54, 1.807) is 16.3 Å². The molecule has 1 aliphatic carbocycles. The number of aromatic amines is 1. The highest BCUT2D eigenvalue weighted by atomic mass is 32.2. The fourth-order valence-corrected chi connectivity index (χ4v) is 2.65. The molecule has 0 saturated heterocycles. The van der Waals surface area contributed by atoms with Gasteiger partial charge >= 0.3 is 5.69 Å². The zero-order chi connectivity index (χ0) is 11.5. The third-order valence-electron chi connectivity index (χ3n) is 2.60. The summed E-state index contributed by atoms with van der Waals surface area (Å²) in [7, 11) is 0. The van der Waals surface area contributed by atoms with E-state index in [9.17, 15) is 4.79 Å². The van der Waals surface area contributed by atoms with Crippen molar-refractivity contribution in [3.05, 3.63) is 10.5 Å². The monoisotopic (exact) mass is 242 g/mol. The Bertz CT molecular complexity index is 396. The van der Waals surface area contributed by atoms with Crippen molar-refractivity contribution < 1.29 is 0 Å². The molecule has 1 unspecified atom stereocenters. The van der Waals surface area contributed by atoms with Gasteiger partial charge in [0.2, 0.25) is 0 Å². The van der Waals surface area contributed by atoms with Crippen LogP contribution in [0.15, 0.2) is 9.95 Å². The van der Waals surface area contributed by atoms with E-state index >= 15 is 0 Å². The molecule has 6 heteroatoms. The van der Waals surface area contributed by atoms with Gasteiger partial charge in [-0.25, -0.2) is 9.89 Å². The molecule has 5 nitrogen and oxygen atoms in total. The van der Waals surface area contributed by atoms with Crippen LogP contribution < -0.4 is 11.0 Å². The zero-order valence-electron chi connectivity index (χ0n) is 9.69. The second-order valence-electron chi connectivity index (χ2n) is 4.18. The minimum atomic E-state index is -0.0684. The van der Waals surface area contributed by atoms with E-state index < -0.39 is 0 Å². The number of H-pyrrole nitrogens is 1. The summed E-state index contributed by atoms with van der Waals surface area (Å²) in [6, 6.07) is 0.831. The molecule has 2 N–H and O–H groups in total. The van der Waals surface area contributed by atoms with E-state index in [1.165, 1.54) is 0 Å². The number of hydrogen-bond donors (Lipinski definition) is 2. The van der Waals surface area contributed by atoms with E-state index in [4.69, 9.17) is 0 Å². The Morgan fingerprint density at radius 3 is 3.06 bits per heavy atom. The highest BCUT2D eigenvalue weighted by molar-refractivity contribution is 7.99. The highest BCUT2D eigenvalue weighted by Gasteiger charge is 2.28. The maximum atomic E-state index is 11.5. The molecule has 1 heterocycles. The van der Waals surface area contributed by atoms with E-state index in [2.05, 4.69) is 29.4 Å². The molecule has 16 heavy (non-hydrogen) atoms. The van der Waals surface area contributed by atoms with Crippen LogP contribution in [-0.2, 0) is 0 Å². The Kier molecular flexibility index (Phi) is 3.70. The molecular formula is C10H18N4OS. The van der Waals surface area contributed by atoms with Gasteiger partial charge in [-0.15, -0.1) is 5.10 Å². The first-order valence-electron chi connectivity index (χ1n) is 5.75. The second kappa shape index (κ2) is 5.05. The number of rotatable bonds is 6. The minimum Gasteiger partial charge on any atom is -0.314 e. The van der Waals surface area contributed by atoms with Crippen LogP contribution in [0.5, 0.6) is 0 Å².